The summed E-state index contributed by atoms with van der Waals surface area (Å²) in [6, 6.07) is 4.07. The zero-order valence-electron chi connectivity index (χ0n) is 38.2. The van der Waals surface area contributed by atoms with Gasteiger partial charge < -0.3 is 41.4 Å². The van der Waals surface area contributed by atoms with Gasteiger partial charge >= 0.3 is 0 Å². The minimum absolute atomic E-state index is 0.115. The van der Waals surface area contributed by atoms with Gasteiger partial charge in [0.05, 0.1) is 31.4 Å². The fourth-order valence-electron chi connectivity index (χ4n) is 7.60. The third-order valence-electron chi connectivity index (χ3n) is 11.2. The first-order valence-electron chi connectivity index (χ1n) is 21.7. The number of rotatable bonds is 15. The number of aliphatic hydroxyl groups excluding tert-OH is 1. The number of aliphatic imine (C=N–C) groups is 1. The molecule has 5 amide bonds. The van der Waals surface area contributed by atoms with E-state index in [9.17, 15) is 24.0 Å². The number of oxime groups is 1. The number of fused-ring (bicyclic) bond motifs is 1. The van der Waals surface area contributed by atoms with Crippen LogP contribution in [0.2, 0.25) is 0 Å². The van der Waals surface area contributed by atoms with Gasteiger partial charge in [0.25, 0.3) is 5.88 Å². The molecule has 2 aromatic heterocycles. The van der Waals surface area contributed by atoms with Crippen molar-refractivity contribution in [1.29, 1.82) is 0 Å². The second-order valence-electron chi connectivity index (χ2n) is 18.8. The zero-order chi connectivity index (χ0) is 46.8. The van der Waals surface area contributed by atoms with Crippen molar-refractivity contribution in [3.63, 3.8) is 0 Å². The molecule has 19 nitrogen and oxygen atoms in total. The quantitative estimate of drug-likeness (QED) is 0.0955. The van der Waals surface area contributed by atoms with Crippen molar-refractivity contribution in [3.8, 4) is 5.88 Å². The molecule has 0 saturated carbocycles. The molecule has 0 radical (unpaired) electrons. The van der Waals surface area contributed by atoms with Crippen molar-refractivity contribution in [2.24, 2.45) is 32.8 Å². The molecule has 3 aromatic rings. The molecule has 20 heteroatoms. The van der Waals surface area contributed by atoms with E-state index in [1.165, 1.54) is 33.3 Å². The van der Waals surface area contributed by atoms with Gasteiger partial charge in [-0.3, -0.25) is 29.0 Å². The lowest BCUT2D eigenvalue weighted by Crippen LogP contribution is -2.64. The molecule has 1 fully saturated rings. The van der Waals surface area contributed by atoms with Crippen molar-refractivity contribution < 1.29 is 33.9 Å². The van der Waals surface area contributed by atoms with Gasteiger partial charge in [-0.2, -0.15) is 0 Å². The summed E-state index contributed by atoms with van der Waals surface area (Å²) in [5.41, 5.74) is -0.692. The van der Waals surface area contributed by atoms with Crippen molar-refractivity contribution >= 4 is 52.9 Å². The minimum atomic E-state index is -1.07. The fourth-order valence-corrected chi connectivity index (χ4v) is 8.31. The van der Waals surface area contributed by atoms with E-state index in [1.54, 1.807) is 11.6 Å². The second kappa shape index (κ2) is 21.7. The summed E-state index contributed by atoms with van der Waals surface area (Å²) < 4.78 is 1.41. The Morgan fingerprint density at radius 1 is 1.05 bits per heavy atom. The summed E-state index contributed by atoms with van der Waals surface area (Å²) >= 11 is 1.35. The summed E-state index contributed by atoms with van der Waals surface area (Å²) in [5, 5.41) is 38.8. The average Bonchev–Trinajstić information content (AvgIpc) is 4.01. The van der Waals surface area contributed by atoms with Crippen LogP contribution in [-0.2, 0) is 36.9 Å². The maximum absolute atomic E-state index is 14.8. The summed E-state index contributed by atoms with van der Waals surface area (Å²) in [6.07, 6.45) is 5.54. The molecule has 1 saturated heterocycles. The Morgan fingerprint density at radius 2 is 1.78 bits per heavy atom. The van der Waals surface area contributed by atoms with E-state index in [0.717, 1.165) is 5.56 Å². The monoisotopic (exact) mass is 904 g/mol. The summed E-state index contributed by atoms with van der Waals surface area (Å²) in [6.45, 7) is 17.1. The smallest absolute Gasteiger partial charge is 0.287 e. The van der Waals surface area contributed by atoms with Crippen molar-refractivity contribution in [2.75, 3.05) is 19.7 Å². The highest BCUT2D eigenvalue weighted by atomic mass is 32.1. The highest BCUT2D eigenvalue weighted by molar-refractivity contribution is 7.09. The molecule has 2 aliphatic rings. The number of aliphatic hydroxyl groups is 1. The fraction of sp³-hybridized carbons (Fsp3) is 0.591. The van der Waals surface area contributed by atoms with E-state index in [-0.39, 0.29) is 67.9 Å². The summed E-state index contributed by atoms with van der Waals surface area (Å²) in [7, 11) is 0. The number of aromatic nitrogens is 4. The van der Waals surface area contributed by atoms with Crippen LogP contribution in [0.4, 0.5) is 0 Å². The molecule has 6 N–H and O–H groups in total. The second-order valence-corrected chi connectivity index (χ2v) is 19.7. The Balaban J connectivity index is 1.44. The molecule has 0 bridgehead atoms. The van der Waals surface area contributed by atoms with Gasteiger partial charge in [0, 0.05) is 37.2 Å². The number of carbonyl (C=O) groups excluding carboxylic acids is 5. The molecule has 5 rings (SSSR count). The third-order valence-corrected chi connectivity index (χ3v) is 12.0. The number of amides is 5. The van der Waals surface area contributed by atoms with Gasteiger partial charge in [-0.05, 0) is 34.7 Å². The van der Waals surface area contributed by atoms with Gasteiger partial charge in [-0.15, -0.1) is 11.3 Å². The largest absolute Gasteiger partial charge is 0.394 e. The predicted molar refractivity (Wildman–Crippen MR) is 242 cm³/mol. The van der Waals surface area contributed by atoms with Crippen LogP contribution in [0.15, 0.2) is 58.3 Å². The Morgan fingerprint density at radius 3 is 2.42 bits per heavy atom. The number of carbonyl (C=O) groups is 5. The Labute approximate surface area is 378 Å². The van der Waals surface area contributed by atoms with Gasteiger partial charge in [-0.1, -0.05) is 108 Å². The molecule has 4 heterocycles. The number of amidine groups is 1. The van der Waals surface area contributed by atoms with E-state index in [4.69, 9.17) is 14.9 Å². The number of hydrogen-bond acceptors (Lipinski definition) is 14. The predicted octanol–water partition coefficient (Wildman–Crippen LogP) is 2.39. The van der Waals surface area contributed by atoms with Gasteiger partial charge in [0.2, 0.25) is 29.5 Å². The Hall–Kier alpha value is -5.76. The summed E-state index contributed by atoms with van der Waals surface area (Å²) in [4.78, 5) is 87.1. The molecule has 64 heavy (non-hydrogen) atoms. The van der Waals surface area contributed by atoms with Crippen LogP contribution in [0.3, 0.4) is 0 Å². The molecular formula is C44H64N12O7S. The average molecular weight is 905 g/mol. The van der Waals surface area contributed by atoms with Crippen LogP contribution in [-0.4, -0.2) is 121 Å². The zero-order valence-corrected chi connectivity index (χ0v) is 39.0. The van der Waals surface area contributed by atoms with Gasteiger partial charge in [-0.25, -0.2) is 9.67 Å². The van der Waals surface area contributed by atoms with Crippen LogP contribution in [0, 0.1) is 22.7 Å². The number of benzene rings is 1. The molecule has 2 aliphatic heterocycles. The van der Waals surface area contributed by atoms with Crippen LogP contribution >= 0.6 is 11.3 Å². The van der Waals surface area contributed by atoms with Crippen LogP contribution in [0.5, 0.6) is 5.88 Å². The van der Waals surface area contributed by atoms with Crippen LogP contribution in [0.1, 0.15) is 91.8 Å². The number of thiazole rings is 1. The molecule has 1 aromatic carbocycles. The Bertz CT molecular complexity index is 2110. The number of nitrogens with zero attached hydrogens (tertiary/aromatic N) is 7. The minimum Gasteiger partial charge on any atom is -0.394 e. The van der Waals surface area contributed by atoms with Crippen molar-refractivity contribution in [3.05, 3.63) is 58.7 Å². The normalized spacial score (nSPS) is 21.5. The third kappa shape index (κ3) is 13.1. The van der Waals surface area contributed by atoms with E-state index >= 15 is 0 Å². The Kier molecular flexibility index (Phi) is 16.7. The molecule has 0 aliphatic carbocycles. The van der Waals surface area contributed by atoms with E-state index in [0.29, 0.717) is 18.0 Å². The lowest BCUT2D eigenvalue weighted by atomic mass is 9.82. The molecule has 348 valence electrons. The first-order valence-corrected chi connectivity index (χ1v) is 22.6. The lowest BCUT2D eigenvalue weighted by Gasteiger charge is -2.39. The SMILES string of the molecule is CC(C)[C@@H]1NC(=O)[C@@H]2[C@H](C)CCN2C(=O)CN=C(N[C@H](C(=O)N[C@@H](Cc2ccccc2)C(=O)N[C@@H](C/C=N/Oc2cn(CCO)nn2)c2nccs2)C(C)(C)C)[C@H](C(C)(C)C)NC1=O. The van der Waals surface area contributed by atoms with E-state index in [1.807, 2.05) is 92.6 Å². The summed E-state index contributed by atoms with van der Waals surface area (Å²) in [5.74, 6) is -2.21. The molecule has 0 spiro atoms. The molecule has 7 atom stereocenters. The van der Waals surface area contributed by atoms with Crippen LogP contribution < -0.4 is 31.4 Å². The standard InChI is InChI=1S/C44H64N12O7S/c1-26(2)33-39(60)52-35(43(4,5)6)37(46-24-32(58)56-19-16-27(3)34(56)40(61)50-33)51-36(44(7,8)9)41(62)49-30(23-28-13-11-10-12-14-28)38(59)48-29(42-45-18-22-64-42)15-17-47-63-31-25-55(20-21-57)54-53-31/h10-14,17-18,22,25-27,29-30,33-36,57H,15-16,19-21,23-24H2,1-9H3,(H,46,51)(H,48,59)(H,49,62)(H,50,61)(H,52,60)/b47-17+/t27-,29+,30+,33+,34+,35-,36-/m1/s1. The lowest BCUT2D eigenvalue weighted by molar-refractivity contribution is -0.140. The molecular weight excluding hydrogens is 841 g/mol. The maximum Gasteiger partial charge on any atom is 0.287 e. The van der Waals surface area contributed by atoms with Crippen molar-refractivity contribution in [1.82, 2.24) is 51.5 Å². The number of nitrogens with one attached hydrogen (secondary N) is 5. The van der Waals surface area contributed by atoms with Crippen LogP contribution in [0.25, 0.3) is 0 Å². The molecule has 0 unspecified atom stereocenters. The van der Waals surface area contributed by atoms with Gasteiger partial charge in [0.1, 0.15) is 41.6 Å². The highest BCUT2D eigenvalue weighted by Crippen LogP contribution is 2.28. The van der Waals surface area contributed by atoms with E-state index < -0.39 is 64.8 Å². The van der Waals surface area contributed by atoms with E-state index in [2.05, 4.69) is 47.0 Å². The first-order chi connectivity index (χ1) is 30.3. The topological polar surface area (TPSA) is 247 Å². The number of hydrogen-bond donors (Lipinski definition) is 6. The first kappa shape index (κ1) is 49.3. The van der Waals surface area contributed by atoms with Gasteiger partial charge in [0.15, 0.2) is 0 Å². The maximum atomic E-state index is 14.8. The highest BCUT2D eigenvalue weighted by Gasteiger charge is 2.44. The van der Waals surface area contributed by atoms with Crippen molar-refractivity contribution in [2.45, 2.75) is 124 Å².